The van der Waals surface area contributed by atoms with Crippen LogP contribution < -0.4 is 9.64 Å². The largest absolute Gasteiger partial charge is 0.435 e. The second-order valence-electron chi connectivity index (χ2n) is 9.26. The Kier molecular flexibility index (Phi) is 6.94. The van der Waals surface area contributed by atoms with Gasteiger partial charge in [0.15, 0.2) is 0 Å². The van der Waals surface area contributed by atoms with Crippen molar-refractivity contribution in [2.24, 2.45) is 5.92 Å². The zero-order chi connectivity index (χ0) is 23.7. The Labute approximate surface area is 202 Å². The summed E-state index contributed by atoms with van der Waals surface area (Å²) >= 11 is 1.82. The lowest BCUT2D eigenvalue weighted by molar-refractivity contribution is -0.0498. The Morgan fingerprint density at radius 2 is 1.97 bits per heavy atom. The molecule has 2 aromatic heterocycles. The minimum absolute atomic E-state index is 0.166. The van der Waals surface area contributed by atoms with Crippen LogP contribution in [0.3, 0.4) is 0 Å². The zero-order valence-corrected chi connectivity index (χ0v) is 20.4. The van der Waals surface area contributed by atoms with Gasteiger partial charge in [-0.2, -0.15) is 8.78 Å². The Morgan fingerprint density at radius 1 is 1.21 bits per heavy atom. The van der Waals surface area contributed by atoms with E-state index in [0.29, 0.717) is 19.0 Å². The van der Waals surface area contributed by atoms with Gasteiger partial charge in [0, 0.05) is 31.6 Å². The molecule has 0 saturated carbocycles. The number of hydrogen-bond acceptors (Lipinski definition) is 7. The van der Waals surface area contributed by atoms with Crippen LogP contribution in [0.4, 0.5) is 14.6 Å². The molecule has 0 radical (unpaired) electrons. The third-order valence-electron chi connectivity index (χ3n) is 6.58. The Bertz CT molecular complexity index is 1130. The topological polar surface area (TPSA) is 50.7 Å². The quantitative estimate of drug-likeness (QED) is 0.472. The lowest BCUT2D eigenvalue weighted by Crippen LogP contribution is -2.36. The lowest BCUT2D eigenvalue weighted by Gasteiger charge is -2.27. The van der Waals surface area contributed by atoms with E-state index in [9.17, 15) is 8.78 Å². The van der Waals surface area contributed by atoms with E-state index in [-0.39, 0.29) is 5.75 Å². The molecule has 1 saturated heterocycles. The van der Waals surface area contributed by atoms with Crippen molar-refractivity contribution in [2.45, 2.75) is 45.9 Å². The molecule has 2 aliphatic rings. The highest BCUT2D eigenvalue weighted by molar-refractivity contribution is 7.19. The van der Waals surface area contributed by atoms with Crippen LogP contribution in [0, 0.1) is 5.92 Å². The van der Waals surface area contributed by atoms with Crippen molar-refractivity contribution in [1.29, 1.82) is 0 Å². The molecule has 9 heteroatoms. The van der Waals surface area contributed by atoms with Gasteiger partial charge in [0.25, 0.3) is 0 Å². The average Bonchev–Trinajstić information content (AvgIpc) is 3.17. The number of halogens is 2. The monoisotopic (exact) mass is 488 g/mol. The fourth-order valence-corrected chi connectivity index (χ4v) is 6.19. The fraction of sp³-hybridized carbons (Fsp3) is 0.520. The summed E-state index contributed by atoms with van der Waals surface area (Å²) < 4.78 is 34.9. The SMILES string of the molecule is C[C@H]1CCc2c(sc3nc(CN4CCOCC4)nc(N(C)Cc4ccc(OC(F)F)cc4)c23)C1. The van der Waals surface area contributed by atoms with Crippen LogP contribution in [0.25, 0.3) is 10.2 Å². The van der Waals surface area contributed by atoms with Gasteiger partial charge in [0.05, 0.1) is 25.1 Å². The summed E-state index contributed by atoms with van der Waals surface area (Å²) in [5.41, 5.74) is 2.40. The molecule has 0 bridgehead atoms. The molecule has 0 N–H and O–H groups in total. The molecule has 0 spiro atoms. The fourth-order valence-electron chi connectivity index (χ4n) is 4.80. The summed E-state index contributed by atoms with van der Waals surface area (Å²) in [6, 6.07) is 6.82. The number of aryl methyl sites for hydroxylation is 1. The van der Waals surface area contributed by atoms with E-state index in [1.54, 1.807) is 12.1 Å². The number of ether oxygens (including phenoxy) is 2. The Hall–Kier alpha value is -2.36. The molecular formula is C25H30F2N4O2S. The first-order chi connectivity index (χ1) is 16.5. The van der Waals surface area contributed by atoms with Crippen molar-refractivity contribution in [3.05, 3.63) is 46.1 Å². The minimum atomic E-state index is -2.82. The van der Waals surface area contributed by atoms with E-state index in [1.165, 1.54) is 22.2 Å². The van der Waals surface area contributed by atoms with E-state index in [0.717, 1.165) is 61.2 Å². The number of morpholine rings is 1. The normalized spacial score (nSPS) is 18.9. The molecular weight excluding hydrogens is 458 g/mol. The number of thiophene rings is 1. The first-order valence-electron chi connectivity index (χ1n) is 11.8. The number of hydrogen-bond donors (Lipinski definition) is 0. The van der Waals surface area contributed by atoms with Crippen molar-refractivity contribution in [3.8, 4) is 5.75 Å². The van der Waals surface area contributed by atoms with Crippen LogP contribution in [0.2, 0.25) is 0 Å². The lowest BCUT2D eigenvalue weighted by atomic mass is 9.89. The molecule has 6 nitrogen and oxygen atoms in total. The van der Waals surface area contributed by atoms with Crippen molar-refractivity contribution < 1.29 is 18.3 Å². The molecule has 0 amide bonds. The van der Waals surface area contributed by atoms with Crippen LogP contribution in [-0.4, -0.2) is 54.8 Å². The van der Waals surface area contributed by atoms with Crippen molar-refractivity contribution in [3.63, 3.8) is 0 Å². The molecule has 1 aromatic carbocycles. The summed E-state index contributed by atoms with van der Waals surface area (Å²) in [5.74, 6) is 2.65. The van der Waals surface area contributed by atoms with Gasteiger partial charge in [-0.15, -0.1) is 11.3 Å². The molecule has 1 fully saturated rings. The standard InChI is InChI=1S/C25H30F2N4O2S/c1-16-3-8-19-20(13-16)34-24-22(19)23(28-21(29-24)15-31-9-11-32-12-10-31)30(2)14-17-4-6-18(7-5-17)33-25(26)27/h4-7,16,25H,3,8-15H2,1-2H3/t16-/m0/s1. The summed E-state index contributed by atoms with van der Waals surface area (Å²) in [6.45, 7) is 4.07. The smallest absolute Gasteiger partial charge is 0.387 e. The van der Waals surface area contributed by atoms with Gasteiger partial charge in [-0.05, 0) is 48.4 Å². The van der Waals surface area contributed by atoms with Gasteiger partial charge in [-0.1, -0.05) is 19.1 Å². The number of fused-ring (bicyclic) bond motifs is 3. The minimum Gasteiger partial charge on any atom is -0.435 e. The summed E-state index contributed by atoms with van der Waals surface area (Å²) in [5, 5.41) is 1.18. The Morgan fingerprint density at radius 3 is 2.71 bits per heavy atom. The van der Waals surface area contributed by atoms with Crippen LogP contribution >= 0.6 is 11.3 Å². The van der Waals surface area contributed by atoms with E-state index in [2.05, 4.69) is 21.5 Å². The van der Waals surface area contributed by atoms with Gasteiger partial charge in [-0.3, -0.25) is 4.90 Å². The number of nitrogens with zero attached hydrogens (tertiary/aromatic N) is 4. The molecule has 34 heavy (non-hydrogen) atoms. The number of benzene rings is 1. The first kappa shape index (κ1) is 23.4. The van der Waals surface area contributed by atoms with Crippen LogP contribution in [-0.2, 0) is 30.7 Å². The molecule has 1 aliphatic carbocycles. The number of rotatable bonds is 7. The van der Waals surface area contributed by atoms with Gasteiger partial charge in [-0.25, -0.2) is 9.97 Å². The van der Waals surface area contributed by atoms with Crippen molar-refractivity contribution in [1.82, 2.24) is 14.9 Å². The molecule has 1 aliphatic heterocycles. The number of aromatic nitrogens is 2. The maximum atomic E-state index is 12.5. The first-order valence-corrected chi connectivity index (χ1v) is 12.6. The highest BCUT2D eigenvalue weighted by Gasteiger charge is 2.26. The predicted octanol–water partition coefficient (Wildman–Crippen LogP) is 4.89. The number of anilines is 1. The second kappa shape index (κ2) is 10.1. The molecule has 182 valence electrons. The Balaban J connectivity index is 1.46. The third-order valence-corrected chi connectivity index (χ3v) is 7.73. The summed E-state index contributed by atoms with van der Waals surface area (Å²) in [6.07, 6.45) is 3.34. The third kappa shape index (κ3) is 5.16. The van der Waals surface area contributed by atoms with E-state index < -0.39 is 6.61 Å². The predicted molar refractivity (Wildman–Crippen MR) is 130 cm³/mol. The maximum Gasteiger partial charge on any atom is 0.387 e. The van der Waals surface area contributed by atoms with Crippen LogP contribution in [0.15, 0.2) is 24.3 Å². The molecule has 3 aromatic rings. The molecule has 0 unspecified atom stereocenters. The van der Waals surface area contributed by atoms with Gasteiger partial charge in [0.1, 0.15) is 22.2 Å². The van der Waals surface area contributed by atoms with Gasteiger partial charge in [0.2, 0.25) is 0 Å². The number of alkyl halides is 2. The van der Waals surface area contributed by atoms with Crippen molar-refractivity contribution in [2.75, 3.05) is 38.3 Å². The van der Waals surface area contributed by atoms with E-state index in [4.69, 9.17) is 14.7 Å². The maximum absolute atomic E-state index is 12.5. The molecule has 1 atom stereocenters. The molecule has 3 heterocycles. The van der Waals surface area contributed by atoms with E-state index >= 15 is 0 Å². The highest BCUT2D eigenvalue weighted by atomic mass is 32.1. The zero-order valence-electron chi connectivity index (χ0n) is 19.6. The van der Waals surface area contributed by atoms with Crippen LogP contribution in [0.5, 0.6) is 5.75 Å². The van der Waals surface area contributed by atoms with Gasteiger partial charge >= 0.3 is 6.61 Å². The summed E-state index contributed by atoms with van der Waals surface area (Å²) in [7, 11) is 2.04. The molecule has 5 rings (SSSR count). The van der Waals surface area contributed by atoms with Crippen molar-refractivity contribution >= 4 is 27.4 Å². The highest BCUT2D eigenvalue weighted by Crippen LogP contribution is 2.41. The summed E-state index contributed by atoms with van der Waals surface area (Å²) in [4.78, 5) is 17.1. The average molecular weight is 489 g/mol. The van der Waals surface area contributed by atoms with Crippen LogP contribution in [0.1, 0.15) is 35.2 Å². The van der Waals surface area contributed by atoms with Gasteiger partial charge < -0.3 is 14.4 Å². The second-order valence-corrected chi connectivity index (χ2v) is 10.3. The van der Waals surface area contributed by atoms with E-state index in [1.807, 2.05) is 30.5 Å².